The summed E-state index contributed by atoms with van der Waals surface area (Å²) >= 11 is 1.36. The molecule has 1 amide bonds. The number of amides is 1. The van der Waals surface area contributed by atoms with Crippen molar-refractivity contribution in [2.75, 3.05) is 12.3 Å². The number of rotatable bonds is 6. The number of carbonyl (C=O) groups excluding carboxylic acids is 1. The SMILES string of the molecule is C=CCNC(=O)CSc1nnnn1C1CC1. The lowest BCUT2D eigenvalue weighted by molar-refractivity contribution is -0.118. The predicted octanol–water partition coefficient (Wildman–Crippen LogP) is 0.402. The number of hydrogen-bond donors (Lipinski definition) is 1. The Morgan fingerprint density at radius 2 is 2.50 bits per heavy atom. The van der Waals surface area contributed by atoms with Crippen LogP contribution in [0.3, 0.4) is 0 Å². The summed E-state index contributed by atoms with van der Waals surface area (Å²) in [4.78, 5) is 11.3. The zero-order chi connectivity index (χ0) is 11.4. The molecule has 1 fully saturated rings. The smallest absolute Gasteiger partial charge is 0.230 e. The number of nitrogens with zero attached hydrogens (tertiary/aromatic N) is 4. The van der Waals surface area contributed by atoms with Gasteiger partial charge in [0.15, 0.2) is 0 Å². The van der Waals surface area contributed by atoms with Crippen LogP contribution in [0, 0.1) is 0 Å². The minimum Gasteiger partial charge on any atom is -0.352 e. The van der Waals surface area contributed by atoms with Gasteiger partial charge in [-0.25, -0.2) is 4.68 Å². The summed E-state index contributed by atoms with van der Waals surface area (Å²) in [6, 6.07) is 0.439. The average molecular weight is 239 g/mol. The third-order valence-corrected chi connectivity index (χ3v) is 3.06. The molecule has 2 rings (SSSR count). The highest BCUT2D eigenvalue weighted by atomic mass is 32.2. The Morgan fingerprint density at radius 1 is 1.69 bits per heavy atom. The van der Waals surface area contributed by atoms with E-state index in [4.69, 9.17) is 0 Å². The topological polar surface area (TPSA) is 72.7 Å². The van der Waals surface area contributed by atoms with Crippen molar-refractivity contribution in [3.63, 3.8) is 0 Å². The van der Waals surface area contributed by atoms with Crippen LogP contribution in [0.4, 0.5) is 0 Å². The molecule has 86 valence electrons. The molecule has 1 saturated carbocycles. The van der Waals surface area contributed by atoms with Crippen LogP contribution in [0.1, 0.15) is 18.9 Å². The maximum Gasteiger partial charge on any atom is 0.230 e. The Morgan fingerprint density at radius 3 is 3.19 bits per heavy atom. The van der Waals surface area contributed by atoms with Gasteiger partial charge in [-0.1, -0.05) is 17.8 Å². The van der Waals surface area contributed by atoms with E-state index in [1.54, 1.807) is 10.8 Å². The second-order valence-corrected chi connectivity index (χ2v) is 4.46. The van der Waals surface area contributed by atoms with E-state index < -0.39 is 0 Å². The van der Waals surface area contributed by atoms with Gasteiger partial charge in [0.25, 0.3) is 0 Å². The number of carbonyl (C=O) groups is 1. The van der Waals surface area contributed by atoms with E-state index in [2.05, 4.69) is 27.4 Å². The van der Waals surface area contributed by atoms with Gasteiger partial charge in [-0.3, -0.25) is 4.79 Å². The lowest BCUT2D eigenvalue weighted by Gasteiger charge is -2.02. The molecule has 16 heavy (non-hydrogen) atoms. The molecule has 0 atom stereocenters. The first-order valence-electron chi connectivity index (χ1n) is 5.09. The summed E-state index contributed by atoms with van der Waals surface area (Å²) in [5.41, 5.74) is 0. The first kappa shape index (κ1) is 11.1. The fourth-order valence-corrected chi connectivity index (χ4v) is 1.97. The second kappa shape index (κ2) is 5.11. The molecule has 0 aliphatic heterocycles. The van der Waals surface area contributed by atoms with Crippen molar-refractivity contribution in [3.8, 4) is 0 Å². The Kier molecular flexibility index (Phi) is 3.55. The Balaban J connectivity index is 1.82. The molecular formula is C9H13N5OS. The molecule has 1 aliphatic rings. The van der Waals surface area contributed by atoms with E-state index in [1.165, 1.54) is 11.8 Å². The Bertz CT molecular complexity index is 387. The van der Waals surface area contributed by atoms with Crippen molar-refractivity contribution < 1.29 is 4.79 Å². The molecule has 1 aliphatic carbocycles. The number of aromatic nitrogens is 4. The maximum absolute atomic E-state index is 11.3. The van der Waals surface area contributed by atoms with Crippen molar-refractivity contribution in [2.24, 2.45) is 0 Å². The fourth-order valence-electron chi connectivity index (χ4n) is 1.20. The third kappa shape index (κ3) is 2.82. The van der Waals surface area contributed by atoms with E-state index >= 15 is 0 Å². The zero-order valence-electron chi connectivity index (χ0n) is 8.80. The van der Waals surface area contributed by atoms with Gasteiger partial charge in [0.2, 0.25) is 11.1 Å². The van der Waals surface area contributed by atoms with Crippen molar-refractivity contribution in [3.05, 3.63) is 12.7 Å². The van der Waals surface area contributed by atoms with Crippen LogP contribution >= 0.6 is 11.8 Å². The number of thioether (sulfide) groups is 1. The van der Waals surface area contributed by atoms with Gasteiger partial charge in [0, 0.05) is 6.54 Å². The van der Waals surface area contributed by atoms with Crippen molar-refractivity contribution in [1.82, 2.24) is 25.5 Å². The summed E-state index contributed by atoms with van der Waals surface area (Å²) in [6.45, 7) is 4.02. The highest BCUT2D eigenvalue weighted by molar-refractivity contribution is 7.99. The lowest BCUT2D eigenvalue weighted by atomic mass is 10.6. The van der Waals surface area contributed by atoms with Gasteiger partial charge < -0.3 is 5.32 Å². The van der Waals surface area contributed by atoms with Crippen LogP contribution in [0.2, 0.25) is 0 Å². The quantitative estimate of drug-likeness (QED) is 0.574. The zero-order valence-corrected chi connectivity index (χ0v) is 9.61. The third-order valence-electron chi connectivity index (χ3n) is 2.13. The summed E-state index contributed by atoms with van der Waals surface area (Å²) in [5, 5.41) is 14.8. The number of tetrazole rings is 1. The van der Waals surface area contributed by atoms with E-state index in [9.17, 15) is 4.79 Å². The van der Waals surface area contributed by atoms with Gasteiger partial charge in [-0.2, -0.15) is 0 Å². The van der Waals surface area contributed by atoms with Crippen LogP contribution in [-0.2, 0) is 4.79 Å². The van der Waals surface area contributed by atoms with Gasteiger partial charge in [0.05, 0.1) is 11.8 Å². The Labute approximate surface area is 97.5 Å². The molecule has 0 radical (unpaired) electrons. The first-order chi connectivity index (χ1) is 7.81. The molecule has 1 heterocycles. The maximum atomic E-state index is 11.3. The molecule has 6 nitrogen and oxygen atoms in total. The van der Waals surface area contributed by atoms with E-state index in [-0.39, 0.29) is 5.91 Å². The van der Waals surface area contributed by atoms with Gasteiger partial charge in [0.1, 0.15) is 0 Å². The minimum atomic E-state index is -0.0322. The second-order valence-electron chi connectivity index (χ2n) is 3.52. The minimum absolute atomic E-state index is 0.0322. The van der Waals surface area contributed by atoms with Crippen LogP contribution in [0.5, 0.6) is 0 Å². The van der Waals surface area contributed by atoms with E-state index in [0.29, 0.717) is 18.3 Å². The van der Waals surface area contributed by atoms with Crippen LogP contribution in [0.25, 0.3) is 0 Å². The molecule has 1 aromatic rings. The molecule has 0 saturated heterocycles. The van der Waals surface area contributed by atoms with Crippen molar-refractivity contribution in [2.45, 2.75) is 24.0 Å². The van der Waals surface area contributed by atoms with Gasteiger partial charge >= 0.3 is 0 Å². The predicted molar refractivity (Wildman–Crippen MR) is 60.0 cm³/mol. The lowest BCUT2D eigenvalue weighted by Crippen LogP contribution is -2.25. The van der Waals surface area contributed by atoms with Crippen molar-refractivity contribution >= 4 is 17.7 Å². The molecule has 0 unspecified atom stereocenters. The molecule has 0 spiro atoms. The number of nitrogens with one attached hydrogen (secondary N) is 1. The molecule has 0 aromatic carbocycles. The number of hydrogen-bond acceptors (Lipinski definition) is 5. The van der Waals surface area contributed by atoms with Crippen LogP contribution < -0.4 is 5.32 Å². The summed E-state index contributed by atoms with van der Waals surface area (Å²) in [7, 11) is 0. The monoisotopic (exact) mass is 239 g/mol. The van der Waals surface area contributed by atoms with Crippen LogP contribution in [-0.4, -0.2) is 38.4 Å². The highest BCUT2D eigenvalue weighted by Gasteiger charge is 2.27. The molecule has 1 N–H and O–H groups in total. The van der Waals surface area contributed by atoms with E-state index in [1.807, 2.05) is 0 Å². The standard InChI is InChI=1S/C9H13N5OS/c1-2-5-10-8(15)6-16-9-11-12-13-14(9)7-3-4-7/h2,7H,1,3-6H2,(H,10,15). The largest absolute Gasteiger partial charge is 0.352 e. The van der Waals surface area contributed by atoms with Gasteiger partial charge in [-0.15, -0.1) is 11.7 Å². The van der Waals surface area contributed by atoms with E-state index in [0.717, 1.165) is 18.0 Å². The molecule has 0 bridgehead atoms. The molecule has 7 heteroatoms. The summed E-state index contributed by atoms with van der Waals surface area (Å²) in [5.74, 6) is 0.302. The summed E-state index contributed by atoms with van der Waals surface area (Å²) < 4.78 is 1.80. The fraction of sp³-hybridized carbons (Fsp3) is 0.556. The normalized spacial score (nSPS) is 14.8. The van der Waals surface area contributed by atoms with Crippen LogP contribution in [0.15, 0.2) is 17.8 Å². The highest BCUT2D eigenvalue weighted by Crippen LogP contribution is 2.36. The Hall–Kier alpha value is -1.37. The molecule has 1 aromatic heterocycles. The molecular weight excluding hydrogens is 226 g/mol. The average Bonchev–Trinajstić information content (AvgIpc) is 3.03. The van der Waals surface area contributed by atoms with Crippen molar-refractivity contribution in [1.29, 1.82) is 0 Å². The summed E-state index contributed by atoms with van der Waals surface area (Å²) in [6.07, 6.45) is 3.90. The van der Waals surface area contributed by atoms with Gasteiger partial charge in [-0.05, 0) is 23.3 Å². The first-order valence-corrected chi connectivity index (χ1v) is 6.08.